The highest BCUT2D eigenvalue weighted by atomic mass is 19.2. The van der Waals surface area contributed by atoms with Gasteiger partial charge in [0.25, 0.3) is 0 Å². The summed E-state index contributed by atoms with van der Waals surface area (Å²) >= 11 is 0. The number of nitrogens with one attached hydrogen (secondary N) is 1. The van der Waals surface area contributed by atoms with Crippen LogP contribution in [0.5, 0.6) is 0 Å². The number of nitrogens with zero attached hydrogens (tertiary/aromatic N) is 2. The first kappa shape index (κ1) is 22.1. The molecular formula is C20H18F3N3O5. The van der Waals surface area contributed by atoms with Gasteiger partial charge in [0.15, 0.2) is 17.5 Å². The van der Waals surface area contributed by atoms with Crippen LogP contribution in [0.2, 0.25) is 0 Å². The Bertz CT molecular complexity index is 1190. The van der Waals surface area contributed by atoms with Crippen molar-refractivity contribution in [3.05, 3.63) is 63.7 Å². The number of hydrogen-bond donors (Lipinski definition) is 1. The van der Waals surface area contributed by atoms with E-state index in [9.17, 15) is 27.6 Å². The minimum atomic E-state index is -1.83. The lowest BCUT2D eigenvalue weighted by Gasteiger charge is -2.22. The lowest BCUT2D eigenvalue weighted by molar-refractivity contribution is -0.147. The molecule has 31 heavy (non-hydrogen) atoms. The molecule has 11 heteroatoms. The van der Waals surface area contributed by atoms with Gasteiger partial charge in [0.1, 0.15) is 11.6 Å². The highest BCUT2D eigenvalue weighted by molar-refractivity contribution is 5.94. The quantitative estimate of drug-likeness (QED) is 0.450. The van der Waals surface area contributed by atoms with E-state index in [1.54, 1.807) is 6.92 Å². The second-order valence-corrected chi connectivity index (χ2v) is 6.43. The maximum Gasteiger partial charge on any atom is 0.343 e. The summed E-state index contributed by atoms with van der Waals surface area (Å²) in [7, 11) is 0. The van der Waals surface area contributed by atoms with Gasteiger partial charge < -0.3 is 19.0 Å². The largest absolute Gasteiger partial charge is 0.464 e. The van der Waals surface area contributed by atoms with Gasteiger partial charge in [-0.25, -0.2) is 27.7 Å². The lowest BCUT2D eigenvalue weighted by Crippen LogP contribution is -2.29. The first-order chi connectivity index (χ1) is 14.8. The molecule has 2 heterocycles. The summed E-state index contributed by atoms with van der Waals surface area (Å²) in [4.78, 5) is 44.4. The van der Waals surface area contributed by atoms with Crippen LogP contribution in [0.4, 0.5) is 13.2 Å². The average Bonchev–Trinajstić information content (AvgIpc) is 3.25. The Labute approximate surface area is 173 Å². The number of carbonyl (C=O) groups is 2. The van der Waals surface area contributed by atoms with E-state index in [1.807, 2.05) is 0 Å². The summed E-state index contributed by atoms with van der Waals surface area (Å²) in [5, 5.41) is -0.624. The van der Waals surface area contributed by atoms with Gasteiger partial charge in [0.05, 0.1) is 30.4 Å². The van der Waals surface area contributed by atoms with E-state index in [2.05, 4.69) is 9.97 Å². The molecule has 164 valence electrons. The molecule has 0 saturated carbocycles. The van der Waals surface area contributed by atoms with E-state index in [-0.39, 0.29) is 19.6 Å². The van der Waals surface area contributed by atoms with E-state index in [0.29, 0.717) is 11.8 Å². The third-order valence-corrected chi connectivity index (χ3v) is 4.51. The first-order valence-electron chi connectivity index (χ1n) is 9.33. The van der Waals surface area contributed by atoms with Crippen molar-refractivity contribution in [2.24, 2.45) is 0 Å². The van der Waals surface area contributed by atoms with Crippen molar-refractivity contribution in [3.63, 3.8) is 0 Å². The van der Waals surface area contributed by atoms with Crippen LogP contribution in [-0.2, 0) is 20.7 Å². The Balaban J connectivity index is 2.36. The van der Waals surface area contributed by atoms with Crippen LogP contribution in [-0.4, -0.2) is 39.7 Å². The molecule has 1 N–H and O–H groups in total. The maximum absolute atomic E-state index is 14.8. The number of esters is 2. The number of carbonyl (C=O) groups excluding carboxylic acids is 2. The molecule has 1 aromatic carbocycles. The van der Waals surface area contributed by atoms with Crippen LogP contribution in [0, 0.1) is 17.5 Å². The van der Waals surface area contributed by atoms with Crippen LogP contribution in [0.25, 0.3) is 10.9 Å². The number of halogens is 3. The fraction of sp³-hybridized carbons (Fsp3) is 0.300. The van der Waals surface area contributed by atoms with E-state index in [0.717, 1.165) is 10.8 Å². The Morgan fingerprint density at radius 2 is 1.87 bits per heavy atom. The summed E-state index contributed by atoms with van der Waals surface area (Å²) in [5.74, 6) is -7.02. The Morgan fingerprint density at radius 1 is 1.16 bits per heavy atom. The molecule has 0 saturated heterocycles. The molecule has 8 nitrogen and oxygen atoms in total. The average molecular weight is 437 g/mol. The summed E-state index contributed by atoms with van der Waals surface area (Å²) in [6, 6.07) is -0.857. The molecular weight excluding hydrogens is 419 g/mol. The standard InChI is InChI=1S/C20H18F3N3O5/c1-3-30-19(28)12-8-26(14(20(29)31-4-2)5-10-7-24-9-25-10)17-11(18(12)27)6-13(21)15(22)16(17)23/h6-9,14H,3-5H2,1-2H3,(H,24,25). The van der Waals surface area contributed by atoms with Gasteiger partial charge in [-0.15, -0.1) is 0 Å². The van der Waals surface area contributed by atoms with E-state index >= 15 is 0 Å². The third-order valence-electron chi connectivity index (χ3n) is 4.51. The highest BCUT2D eigenvalue weighted by Crippen LogP contribution is 2.27. The number of fused-ring (bicyclic) bond motifs is 1. The molecule has 0 bridgehead atoms. The van der Waals surface area contributed by atoms with Crippen molar-refractivity contribution >= 4 is 22.8 Å². The number of benzene rings is 1. The van der Waals surface area contributed by atoms with Gasteiger partial charge >= 0.3 is 11.9 Å². The molecule has 0 amide bonds. The zero-order chi connectivity index (χ0) is 22.7. The molecule has 3 aromatic rings. The van der Waals surface area contributed by atoms with E-state index in [1.165, 1.54) is 19.4 Å². The van der Waals surface area contributed by atoms with Crippen LogP contribution in [0.1, 0.15) is 35.9 Å². The van der Waals surface area contributed by atoms with Gasteiger partial charge in [-0.1, -0.05) is 0 Å². The van der Waals surface area contributed by atoms with Crippen molar-refractivity contribution < 1.29 is 32.2 Å². The summed E-state index contributed by atoms with van der Waals surface area (Å²) < 4.78 is 53.5. The second kappa shape index (κ2) is 9.02. The summed E-state index contributed by atoms with van der Waals surface area (Å²) in [5.41, 5.74) is -1.88. The van der Waals surface area contributed by atoms with E-state index in [4.69, 9.17) is 9.47 Å². The minimum absolute atomic E-state index is 0.0212. The highest BCUT2D eigenvalue weighted by Gasteiger charge is 2.30. The summed E-state index contributed by atoms with van der Waals surface area (Å²) in [6.45, 7) is 2.96. The molecule has 2 aromatic heterocycles. The van der Waals surface area contributed by atoms with Gasteiger partial charge in [0, 0.05) is 24.5 Å². The SMILES string of the molecule is CCOC(=O)c1cn(C(Cc2cnc[nH]2)C(=O)OCC)c2c(F)c(F)c(F)cc2c1=O. The van der Waals surface area contributed by atoms with Crippen LogP contribution in [0.15, 0.2) is 29.6 Å². The fourth-order valence-electron chi connectivity index (χ4n) is 3.16. The predicted molar refractivity (Wildman–Crippen MR) is 102 cm³/mol. The molecule has 1 atom stereocenters. The van der Waals surface area contributed by atoms with Crippen molar-refractivity contribution in [3.8, 4) is 0 Å². The smallest absolute Gasteiger partial charge is 0.343 e. The number of aromatic nitrogens is 3. The van der Waals surface area contributed by atoms with Crippen LogP contribution in [0.3, 0.4) is 0 Å². The minimum Gasteiger partial charge on any atom is -0.464 e. The van der Waals surface area contributed by atoms with Crippen LogP contribution < -0.4 is 5.43 Å². The van der Waals surface area contributed by atoms with Gasteiger partial charge in [-0.3, -0.25) is 4.79 Å². The molecule has 3 rings (SSSR count). The molecule has 0 spiro atoms. The van der Waals surface area contributed by atoms with Crippen molar-refractivity contribution in [1.29, 1.82) is 0 Å². The van der Waals surface area contributed by atoms with Crippen molar-refractivity contribution in [1.82, 2.24) is 14.5 Å². The number of rotatable bonds is 7. The molecule has 0 aliphatic heterocycles. The molecule has 0 aliphatic carbocycles. The Morgan fingerprint density at radius 3 is 2.48 bits per heavy atom. The number of ether oxygens (including phenoxy) is 2. The Kier molecular flexibility index (Phi) is 6.42. The number of imidazole rings is 1. The zero-order valence-electron chi connectivity index (χ0n) is 16.6. The number of H-pyrrole nitrogens is 1. The number of aromatic amines is 1. The maximum atomic E-state index is 14.8. The monoisotopic (exact) mass is 437 g/mol. The van der Waals surface area contributed by atoms with Crippen molar-refractivity contribution in [2.45, 2.75) is 26.3 Å². The number of hydrogen-bond acceptors (Lipinski definition) is 6. The van der Waals surface area contributed by atoms with Gasteiger partial charge in [-0.2, -0.15) is 0 Å². The molecule has 0 radical (unpaired) electrons. The van der Waals surface area contributed by atoms with Crippen molar-refractivity contribution in [2.75, 3.05) is 13.2 Å². The predicted octanol–water partition coefficient (Wildman–Crippen LogP) is 2.67. The van der Waals surface area contributed by atoms with Gasteiger partial charge in [0.2, 0.25) is 5.43 Å². The third kappa shape index (κ3) is 4.16. The van der Waals surface area contributed by atoms with Gasteiger partial charge in [-0.05, 0) is 19.9 Å². The summed E-state index contributed by atoms with van der Waals surface area (Å²) in [6.07, 6.45) is 3.51. The van der Waals surface area contributed by atoms with E-state index < -0.39 is 57.3 Å². The van der Waals surface area contributed by atoms with Crippen LogP contribution >= 0.6 is 0 Å². The normalized spacial score (nSPS) is 12.0. The molecule has 0 aliphatic rings. The molecule has 0 fully saturated rings. The molecule has 1 unspecified atom stereocenters. The first-order valence-corrected chi connectivity index (χ1v) is 9.33. The Hall–Kier alpha value is -3.63. The fourth-order valence-corrected chi connectivity index (χ4v) is 3.16. The second-order valence-electron chi connectivity index (χ2n) is 6.43. The zero-order valence-corrected chi connectivity index (χ0v) is 16.6. The lowest BCUT2D eigenvalue weighted by atomic mass is 10.1. The number of pyridine rings is 1. The topological polar surface area (TPSA) is 103 Å².